The molecule has 1 heterocycles. The minimum Gasteiger partial charge on any atom is -0.446 e. The average Bonchev–Trinajstić information content (AvgIpc) is 2.33. The van der Waals surface area contributed by atoms with E-state index in [2.05, 4.69) is 5.32 Å². The molecule has 0 bridgehead atoms. The van der Waals surface area contributed by atoms with Crippen LogP contribution in [0.15, 0.2) is 24.3 Å². The second-order valence-electron chi connectivity index (χ2n) is 4.21. The molecule has 0 saturated carbocycles. The molecule has 1 fully saturated rings. The standard InChI is InChI=1S/C13H17NO3/c1-10-2-4-11(5-3-10)14-13(15)17-12-6-8-16-9-7-12/h2-5,12H,6-9H2,1H3,(H,14,15). The summed E-state index contributed by atoms with van der Waals surface area (Å²) in [6, 6.07) is 7.62. The molecule has 1 aliphatic rings. The second kappa shape index (κ2) is 5.68. The van der Waals surface area contributed by atoms with Crippen molar-refractivity contribution in [1.82, 2.24) is 0 Å². The summed E-state index contributed by atoms with van der Waals surface area (Å²) in [7, 11) is 0. The summed E-state index contributed by atoms with van der Waals surface area (Å²) < 4.78 is 10.5. The van der Waals surface area contributed by atoms with Crippen LogP contribution in [0.1, 0.15) is 18.4 Å². The van der Waals surface area contributed by atoms with E-state index < -0.39 is 0 Å². The molecule has 1 aliphatic heterocycles. The van der Waals surface area contributed by atoms with Gasteiger partial charge >= 0.3 is 6.09 Å². The van der Waals surface area contributed by atoms with Crippen LogP contribution in [0, 0.1) is 6.92 Å². The number of carbonyl (C=O) groups is 1. The lowest BCUT2D eigenvalue weighted by atomic mass is 10.2. The third-order valence-electron chi connectivity index (χ3n) is 2.74. The second-order valence-corrected chi connectivity index (χ2v) is 4.21. The van der Waals surface area contributed by atoms with E-state index in [1.807, 2.05) is 31.2 Å². The molecule has 4 heteroatoms. The van der Waals surface area contributed by atoms with Crippen molar-refractivity contribution >= 4 is 11.8 Å². The van der Waals surface area contributed by atoms with Crippen molar-refractivity contribution < 1.29 is 14.3 Å². The van der Waals surface area contributed by atoms with Gasteiger partial charge in [-0.25, -0.2) is 4.79 Å². The molecule has 0 aromatic heterocycles. The highest BCUT2D eigenvalue weighted by atomic mass is 16.6. The van der Waals surface area contributed by atoms with Gasteiger partial charge in [0.2, 0.25) is 0 Å². The minimum atomic E-state index is -0.388. The molecule has 1 amide bonds. The van der Waals surface area contributed by atoms with Gasteiger partial charge in [-0.2, -0.15) is 0 Å². The third kappa shape index (κ3) is 3.75. The maximum atomic E-state index is 11.6. The maximum absolute atomic E-state index is 11.6. The third-order valence-corrected chi connectivity index (χ3v) is 2.74. The summed E-state index contributed by atoms with van der Waals surface area (Å²) in [5.74, 6) is 0. The van der Waals surface area contributed by atoms with E-state index in [1.54, 1.807) is 0 Å². The van der Waals surface area contributed by atoms with Gasteiger partial charge in [0.15, 0.2) is 0 Å². The molecular weight excluding hydrogens is 218 g/mol. The zero-order valence-electron chi connectivity index (χ0n) is 9.94. The topological polar surface area (TPSA) is 47.6 Å². The van der Waals surface area contributed by atoms with Crippen LogP contribution in [0.2, 0.25) is 0 Å². The van der Waals surface area contributed by atoms with E-state index in [4.69, 9.17) is 9.47 Å². The number of hydrogen-bond donors (Lipinski definition) is 1. The van der Waals surface area contributed by atoms with Crippen LogP contribution in [0.5, 0.6) is 0 Å². The molecule has 0 atom stereocenters. The molecule has 1 aromatic carbocycles. The van der Waals surface area contributed by atoms with E-state index in [1.165, 1.54) is 0 Å². The van der Waals surface area contributed by atoms with Gasteiger partial charge < -0.3 is 9.47 Å². The van der Waals surface area contributed by atoms with Crippen molar-refractivity contribution in [2.75, 3.05) is 18.5 Å². The molecule has 1 aromatic rings. The normalized spacial score (nSPS) is 16.5. The Labute approximate surface area is 101 Å². The molecule has 0 unspecified atom stereocenters. The Morgan fingerprint density at radius 3 is 2.59 bits per heavy atom. The Morgan fingerprint density at radius 2 is 1.94 bits per heavy atom. The maximum Gasteiger partial charge on any atom is 0.411 e. The number of amides is 1. The number of aryl methyl sites for hydroxylation is 1. The van der Waals surface area contributed by atoms with Crippen LogP contribution in [-0.4, -0.2) is 25.4 Å². The van der Waals surface area contributed by atoms with Crippen LogP contribution >= 0.6 is 0 Å². The lowest BCUT2D eigenvalue weighted by molar-refractivity contribution is 0.00592. The van der Waals surface area contributed by atoms with E-state index in [-0.39, 0.29) is 12.2 Å². The Hall–Kier alpha value is -1.55. The van der Waals surface area contributed by atoms with Gasteiger partial charge in [0.25, 0.3) is 0 Å². The number of carbonyl (C=O) groups excluding carboxylic acids is 1. The Balaban J connectivity index is 1.82. The predicted molar refractivity (Wildman–Crippen MR) is 65.1 cm³/mol. The van der Waals surface area contributed by atoms with E-state index >= 15 is 0 Å². The first-order valence-corrected chi connectivity index (χ1v) is 5.86. The highest BCUT2D eigenvalue weighted by molar-refractivity contribution is 5.84. The van der Waals surface area contributed by atoms with Gasteiger partial charge in [-0.1, -0.05) is 17.7 Å². The van der Waals surface area contributed by atoms with Crippen molar-refractivity contribution in [1.29, 1.82) is 0 Å². The number of benzene rings is 1. The summed E-state index contributed by atoms with van der Waals surface area (Å²) in [6.07, 6.45) is 1.15. The van der Waals surface area contributed by atoms with Crippen molar-refractivity contribution in [2.45, 2.75) is 25.9 Å². The molecule has 0 aliphatic carbocycles. The summed E-state index contributed by atoms with van der Waals surface area (Å²) >= 11 is 0. The van der Waals surface area contributed by atoms with Crippen LogP contribution in [0.4, 0.5) is 10.5 Å². The van der Waals surface area contributed by atoms with E-state index in [0.29, 0.717) is 13.2 Å². The highest BCUT2D eigenvalue weighted by Gasteiger charge is 2.17. The molecule has 1 N–H and O–H groups in total. The van der Waals surface area contributed by atoms with Crippen molar-refractivity contribution in [3.05, 3.63) is 29.8 Å². The fourth-order valence-corrected chi connectivity index (χ4v) is 1.73. The van der Waals surface area contributed by atoms with Crippen LogP contribution < -0.4 is 5.32 Å². The Bertz CT molecular complexity index is 369. The molecule has 0 spiro atoms. The molecule has 0 radical (unpaired) electrons. The van der Waals surface area contributed by atoms with Gasteiger partial charge in [-0.3, -0.25) is 5.32 Å². The molecule has 92 valence electrons. The van der Waals surface area contributed by atoms with Gasteiger partial charge in [-0.15, -0.1) is 0 Å². The Kier molecular flexibility index (Phi) is 3.98. The number of hydrogen-bond acceptors (Lipinski definition) is 3. The fraction of sp³-hybridized carbons (Fsp3) is 0.462. The SMILES string of the molecule is Cc1ccc(NC(=O)OC2CCOCC2)cc1. The van der Waals surface area contributed by atoms with Crippen molar-refractivity contribution in [2.24, 2.45) is 0 Å². The highest BCUT2D eigenvalue weighted by Crippen LogP contribution is 2.13. The van der Waals surface area contributed by atoms with Gasteiger partial charge in [0.05, 0.1) is 13.2 Å². The average molecular weight is 235 g/mol. The first-order valence-electron chi connectivity index (χ1n) is 5.86. The van der Waals surface area contributed by atoms with Gasteiger partial charge in [-0.05, 0) is 19.1 Å². The number of ether oxygens (including phenoxy) is 2. The first-order chi connectivity index (χ1) is 8.24. The van der Waals surface area contributed by atoms with Crippen molar-refractivity contribution in [3.63, 3.8) is 0 Å². The quantitative estimate of drug-likeness (QED) is 0.857. The molecular formula is C13H17NO3. The summed E-state index contributed by atoms with van der Waals surface area (Å²) in [5, 5.41) is 2.71. The lowest BCUT2D eigenvalue weighted by Crippen LogP contribution is -2.28. The fourth-order valence-electron chi connectivity index (χ4n) is 1.73. The van der Waals surface area contributed by atoms with Crippen LogP contribution in [0.3, 0.4) is 0 Å². The Morgan fingerprint density at radius 1 is 1.29 bits per heavy atom. The zero-order chi connectivity index (χ0) is 12.1. The van der Waals surface area contributed by atoms with Gasteiger partial charge in [0.1, 0.15) is 6.10 Å². The minimum absolute atomic E-state index is 0.0193. The number of anilines is 1. The largest absolute Gasteiger partial charge is 0.446 e. The summed E-state index contributed by atoms with van der Waals surface area (Å²) in [5.41, 5.74) is 1.92. The lowest BCUT2D eigenvalue weighted by Gasteiger charge is -2.22. The van der Waals surface area contributed by atoms with Crippen LogP contribution in [-0.2, 0) is 9.47 Å². The summed E-state index contributed by atoms with van der Waals surface area (Å²) in [6.45, 7) is 3.34. The zero-order valence-corrected chi connectivity index (χ0v) is 9.94. The van der Waals surface area contributed by atoms with E-state index in [9.17, 15) is 4.79 Å². The molecule has 17 heavy (non-hydrogen) atoms. The number of nitrogens with one attached hydrogen (secondary N) is 1. The number of rotatable bonds is 2. The van der Waals surface area contributed by atoms with Gasteiger partial charge in [0, 0.05) is 18.5 Å². The monoisotopic (exact) mass is 235 g/mol. The molecule has 2 rings (SSSR count). The van der Waals surface area contributed by atoms with E-state index in [0.717, 1.165) is 24.1 Å². The smallest absolute Gasteiger partial charge is 0.411 e. The molecule has 1 saturated heterocycles. The van der Waals surface area contributed by atoms with Crippen LogP contribution in [0.25, 0.3) is 0 Å². The summed E-state index contributed by atoms with van der Waals surface area (Å²) in [4.78, 5) is 11.6. The molecule has 4 nitrogen and oxygen atoms in total. The van der Waals surface area contributed by atoms with Crippen molar-refractivity contribution in [3.8, 4) is 0 Å². The predicted octanol–water partition coefficient (Wildman–Crippen LogP) is 2.72. The first kappa shape index (κ1) is 11.9.